The SMILES string of the molecule is C=CCC(C)Nc1cnn(CCC)c(=O)c1Br. The van der Waals surface area contributed by atoms with Crippen LogP contribution in [-0.4, -0.2) is 15.8 Å². The lowest BCUT2D eigenvalue weighted by molar-refractivity contribution is 0.565. The summed E-state index contributed by atoms with van der Waals surface area (Å²) in [4.78, 5) is 11.9. The van der Waals surface area contributed by atoms with Crippen molar-refractivity contribution in [2.24, 2.45) is 0 Å². The molecule has 1 N–H and O–H groups in total. The molecule has 1 unspecified atom stereocenters. The molecule has 4 nitrogen and oxygen atoms in total. The van der Waals surface area contributed by atoms with Crippen LogP contribution < -0.4 is 10.9 Å². The topological polar surface area (TPSA) is 46.9 Å². The van der Waals surface area contributed by atoms with Gasteiger partial charge in [0.1, 0.15) is 4.47 Å². The summed E-state index contributed by atoms with van der Waals surface area (Å²) in [5.74, 6) is 0. The van der Waals surface area contributed by atoms with E-state index in [9.17, 15) is 4.79 Å². The van der Waals surface area contributed by atoms with E-state index in [1.165, 1.54) is 4.68 Å². The average molecular weight is 300 g/mol. The van der Waals surface area contributed by atoms with E-state index in [2.05, 4.69) is 32.9 Å². The van der Waals surface area contributed by atoms with Crippen LogP contribution in [0.2, 0.25) is 0 Å². The van der Waals surface area contributed by atoms with Gasteiger partial charge in [0.05, 0.1) is 11.9 Å². The lowest BCUT2D eigenvalue weighted by atomic mass is 10.2. The Morgan fingerprint density at radius 2 is 2.41 bits per heavy atom. The summed E-state index contributed by atoms with van der Waals surface area (Å²) >= 11 is 3.32. The number of aryl methyl sites for hydroxylation is 1. The first-order chi connectivity index (χ1) is 8.10. The Labute approximate surface area is 110 Å². The Bertz CT molecular complexity index is 442. The third-order valence-corrected chi connectivity index (χ3v) is 3.11. The van der Waals surface area contributed by atoms with Crippen molar-refractivity contribution in [1.82, 2.24) is 9.78 Å². The average Bonchev–Trinajstić information content (AvgIpc) is 2.29. The quantitative estimate of drug-likeness (QED) is 0.822. The maximum Gasteiger partial charge on any atom is 0.283 e. The highest BCUT2D eigenvalue weighted by Crippen LogP contribution is 2.17. The summed E-state index contributed by atoms with van der Waals surface area (Å²) < 4.78 is 2.00. The Kier molecular flexibility index (Phi) is 5.41. The molecule has 0 amide bonds. The molecule has 0 bridgehead atoms. The zero-order chi connectivity index (χ0) is 12.8. The second kappa shape index (κ2) is 6.59. The largest absolute Gasteiger partial charge is 0.380 e. The number of nitrogens with zero attached hydrogens (tertiary/aromatic N) is 2. The summed E-state index contributed by atoms with van der Waals surface area (Å²) in [5.41, 5.74) is 0.638. The van der Waals surface area contributed by atoms with Gasteiger partial charge in [-0.15, -0.1) is 6.58 Å². The van der Waals surface area contributed by atoms with Gasteiger partial charge in [-0.3, -0.25) is 4.79 Å². The molecular weight excluding hydrogens is 282 g/mol. The molecule has 1 aromatic heterocycles. The Morgan fingerprint density at radius 3 is 3.00 bits per heavy atom. The number of halogens is 1. The zero-order valence-corrected chi connectivity index (χ0v) is 11.8. The number of anilines is 1. The minimum Gasteiger partial charge on any atom is -0.380 e. The van der Waals surface area contributed by atoms with Gasteiger partial charge in [-0.2, -0.15) is 5.10 Å². The Morgan fingerprint density at radius 1 is 1.71 bits per heavy atom. The third kappa shape index (κ3) is 3.70. The molecule has 0 aliphatic carbocycles. The summed E-state index contributed by atoms with van der Waals surface area (Å²) in [6, 6.07) is 0.229. The molecule has 0 saturated heterocycles. The molecule has 17 heavy (non-hydrogen) atoms. The van der Waals surface area contributed by atoms with Crippen molar-refractivity contribution in [3.05, 3.63) is 33.7 Å². The van der Waals surface area contributed by atoms with Gasteiger partial charge < -0.3 is 5.32 Å². The summed E-state index contributed by atoms with van der Waals surface area (Å²) in [6.45, 7) is 8.37. The molecule has 0 aliphatic rings. The van der Waals surface area contributed by atoms with Crippen LogP contribution in [-0.2, 0) is 6.54 Å². The Balaban J connectivity index is 2.92. The van der Waals surface area contributed by atoms with Gasteiger partial charge >= 0.3 is 0 Å². The zero-order valence-electron chi connectivity index (χ0n) is 10.2. The molecule has 5 heteroatoms. The smallest absolute Gasteiger partial charge is 0.283 e. The van der Waals surface area contributed by atoms with Crippen LogP contribution in [0.3, 0.4) is 0 Å². The lowest BCUT2D eigenvalue weighted by Gasteiger charge is -2.14. The van der Waals surface area contributed by atoms with Gasteiger partial charge in [-0.05, 0) is 35.7 Å². The van der Waals surface area contributed by atoms with E-state index in [1.54, 1.807) is 6.20 Å². The van der Waals surface area contributed by atoms with E-state index in [1.807, 2.05) is 19.9 Å². The fraction of sp³-hybridized carbons (Fsp3) is 0.500. The number of hydrogen-bond acceptors (Lipinski definition) is 3. The molecule has 0 radical (unpaired) electrons. The second-order valence-corrected chi connectivity index (χ2v) is 4.76. The molecular formula is C12H18BrN3O. The van der Waals surface area contributed by atoms with Gasteiger partial charge in [0.15, 0.2) is 0 Å². The predicted octanol–water partition coefficient (Wildman–Crippen LogP) is 2.79. The first-order valence-corrected chi connectivity index (χ1v) is 6.52. The highest BCUT2D eigenvalue weighted by Gasteiger charge is 2.09. The van der Waals surface area contributed by atoms with Crippen molar-refractivity contribution in [2.75, 3.05) is 5.32 Å². The summed E-state index contributed by atoms with van der Waals surface area (Å²) in [6.07, 6.45) is 5.25. The van der Waals surface area contributed by atoms with Crippen LogP contribution in [0.15, 0.2) is 28.1 Å². The van der Waals surface area contributed by atoms with Crippen molar-refractivity contribution in [3.63, 3.8) is 0 Å². The van der Waals surface area contributed by atoms with E-state index in [0.717, 1.165) is 18.5 Å². The van der Waals surface area contributed by atoms with Crippen molar-refractivity contribution in [3.8, 4) is 0 Å². The minimum absolute atomic E-state index is 0.0948. The summed E-state index contributed by atoms with van der Waals surface area (Å²) in [5, 5.41) is 7.36. The molecule has 1 aromatic rings. The van der Waals surface area contributed by atoms with Crippen LogP contribution in [0.5, 0.6) is 0 Å². The maximum atomic E-state index is 11.9. The van der Waals surface area contributed by atoms with Crippen molar-refractivity contribution < 1.29 is 0 Å². The number of nitrogens with one attached hydrogen (secondary N) is 1. The van der Waals surface area contributed by atoms with Crippen LogP contribution in [0.1, 0.15) is 26.7 Å². The third-order valence-electron chi connectivity index (χ3n) is 2.34. The fourth-order valence-electron chi connectivity index (χ4n) is 1.51. The van der Waals surface area contributed by atoms with Gasteiger partial charge in [0.2, 0.25) is 0 Å². The van der Waals surface area contributed by atoms with Crippen LogP contribution in [0.4, 0.5) is 5.69 Å². The second-order valence-electron chi connectivity index (χ2n) is 3.97. The number of hydrogen-bond donors (Lipinski definition) is 1. The normalized spacial score (nSPS) is 12.2. The fourth-order valence-corrected chi connectivity index (χ4v) is 1.93. The highest BCUT2D eigenvalue weighted by molar-refractivity contribution is 9.10. The van der Waals surface area contributed by atoms with Gasteiger partial charge in [-0.25, -0.2) is 4.68 Å². The molecule has 0 aliphatic heterocycles. The molecule has 1 heterocycles. The molecule has 0 saturated carbocycles. The van der Waals surface area contributed by atoms with Crippen molar-refractivity contribution in [1.29, 1.82) is 0 Å². The molecule has 1 atom stereocenters. The first kappa shape index (κ1) is 14.0. The summed E-state index contributed by atoms with van der Waals surface area (Å²) in [7, 11) is 0. The lowest BCUT2D eigenvalue weighted by Crippen LogP contribution is -2.25. The van der Waals surface area contributed by atoms with E-state index in [4.69, 9.17) is 0 Å². The van der Waals surface area contributed by atoms with E-state index in [-0.39, 0.29) is 11.6 Å². The van der Waals surface area contributed by atoms with E-state index < -0.39 is 0 Å². The molecule has 0 aromatic carbocycles. The molecule has 0 spiro atoms. The number of aromatic nitrogens is 2. The van der Waals surface area contributed by atoms with Crippen molar-refractivity contribution >= 4 is 21.6 Å². The minimum atomic E-state index is -0.0948. The number of rotatable bonds is 6. The highest BCUT2D eigenvalue weighted by atomic mass is 79.9. The van der Waals surface area contributed by atoms with Crippen LogP contribution in [0, 0.1) is 0 Å². The van der Waals surface area contributed by atoms with Crippen LogP contribution in [0.25, 0.3) is 0 Å². The monoisotopic (exact) mass is 299 g/mol. The Hall–Kier alpha value is -1.10. The van der Waals surface area contributed by atoms with E-state index >= 15 is 0 Å². The van der Waals surface area contributed by atoms with Gasteiger partial charge in [0.25, 0.3) is 5.56 Å². The predicted molar refractivity (Wildman–Crippen MR) is 74.4 cm³/mol. The van der Waals surface area contributed by atoms with Gasteiger partial charge in [0, 0.05) is 12.6 Å². The van der Waals surface area contributed by atoms with Gasteiger partial charge in [-0.1, -0.05) is 13.0 Å². The molecule has 94 valence electrons. The standard InChI is InChI=1S/C12H18BrN3O/c1-4-6-9(3)15-10-8-14-16(7-5-2)12(17)11(10)13/h4,8-9,15H,1,5-7H2,2-3H3. The maximum absolute atomic E-state index is 11.9. The molecule has 0 fully saturated rings. The van der Waals surface area contributed by atoms with E-state index in [0.29, 0.717) is 11.0 Å². The molecule has 1 rings (SSSR count). The van der Waals surface area contributed by atoms with Crippen LogP contribution >= 0.6 is 15.9 Å². The van der Waals surface area contributed by atoms with Crippen molar-refractivity contribution in [2.45, 2.75) is 39.3 Å². The first-order valence-electron chi connectivity index (χ1n) is 5.73.